The number of aryl methyl sites for hydroxylation is 1. The molecular weight excluding hydrogens is 366 g/mol. The molecule has 7 nitrogen and oxygen atoms in total. The average molecular weight is 393 g/mol. The van der Waals surface area contributed by atoms with E-state index in [1.54, 1.807) is 12.1 Å². The number of benzene rings is 1. The van der Waals surface area contributed by atoms with Crippen molar-refractivity contribution in [2.45, 2.75) is 44.6 Å². The van der Waals surface area contributed by atoms with Gasteiger partial charge in [0.25, 0.3) is 5.91 Å². The Labute approximate surface area is 170 Å². The normalized spacial score (nSPS) is 17.7. The van der Waals surface area contributed by atoms with E-state index >= 15 is 0 Å². The SMILES string of the molecule is Cc1ccnc(C2CCN(CC(=O)Nc3ccccc3C(=O)NC3CC3)CC2)n1. The van der Waals surface area contributed by atoms with Crippen LogP contribution in [0.2, 0.25) is 0 Å². The molecule has 0 unspecified atom stereocenters. The molecule has 0 bridgehead atoms. The van der Waals surface area contributed by atoms with Gasteiger partial charge in [-0.05, 0) is 63.9 Å². The molecule has 2 aliphatic rings. The highest BCUT2D eigenvalue weighted by atomic mass is 16.2. The second-order valence-electron chi connectivity index (χ2n) is 7.95. The Morgan fingerprint density at radius 2 is 1.86 bits per heavy atom. The third-order valence-electron chi connectivity index (χ3n) is 5.49. The highest BCUT2D eigenvalue weighted by Crippen LogP contribution is 2.25. The zero-order valence-electron chi connectivity index (χ0n) is 16.7. The van der Waals surface area contributed by atoms with E-state index in [4.69, 9.17) is 0 Å². The van der Waals surface area contributed by atoms with Gasteiger partial charge in [-0.1, -0.05) is 12.1 Å². The lowest BCUT2D eigenvalue weighted by molar-refractivity contribution is -0.117. The van der Waals surface area contributed by atoms with Gasteiger partial charge in [0.05, 0.1) is 17.8 Å². The number of para-hydroxylation sites is 1. The van der Waals surface area contributed by atoms with Crippen molar-refractivity contribution in [3.63, 3.8) is 0 Å². The first kappa shape index (κ1) is 19.5. The summed E-state index contributed by atoms with van der Waals surface area (Å²) in [6.07, 6.45) is 5.76. The molecule has 1 aliphatic carbocycles. The van der Waals surface area contributed by atoms with Gasteiger partial charge in [-0.2, -0.15) is 0 Å². The van der Waals surface area contributed by atoms with Gasteiger partial charge in [0.2, 0.25) is 5.91 Å². The lowest BCUT2D eigenvalue weighted by atomic mass is 9.96. The van der Waals surface area contributed by atoms with E-state index in [0.29, 0.717) is 23.7 Å². The molecule has 2 heterocycles. The number of hydrogen-bond acceptors (Lipinski definition) is 5. The van der Waals surface area contributed by atoms with Gasteiger partial charge < -0.3 is 10.6 Å². The summed E-state index contributed by atoms with van der Waals surface area (Å²) in [5, 5.41) is 5.89. The predicted molar refractivity (Wildman–Crippen MR) is 111 cm³/mol. The number of piperidine rings is 1. The van der Waals surface area contributed by atoms with Crippen molar-refractivity contribution in [3.05, 3.63) is 53.6 Å². The average Bonchev–Trinajstić information content (AvgIpc) is 3.53. The molecule has 0 atom stereocenters. The van der Waals surface area contributed by atoms with Crippen LogP contribution in [-0.4, -0.2) is 52.4 Å². The van der Waals surface area contributed by atoms with Crippen molar-refractivity contribution < 1.29 is 9.59 Å². The molecule has 1 aliphatic heterocycles. The number of amides is 2. The number of carbonyl (C=O) groups is 2. The van der Waals surface area contributed by atoms with Gasteiger partial charge >= 0.3 is 0 Å². The zero-order valence-corrected chi connectivity index (χ0v) is 16.7. The summed E-state index contributed by atoms with van der Waals surface area (Å²) in [7, 11) is 0. The van der Waals surface area contributed by atoms with Crippen LogP contribution in [0.15, 0.2) is 36.5 Å². The molecule has 29 heavy (non-hydrogen) atoms. The minimum absolute atomic E-state index is 0.0954. The van der Waals surface area contributed by atoms with Crippen molar-refractivity contribution in [3.8, 4) is 0 Å². The number of anilines is 1. The van der Waals surface area contributed by atoms with Crippen LogP contribution in [0.1, 0.15) is 53.5 Å². The first-order valence-corrected chi connectivity index (χ1v) is 10.3. The lowest BCUT2D eigenvalue weighted by Gasteiger charge is -2.30. The molecule has 2 aromatic rings. The highest BCUT2D eigenvalue weighted by Gasteiger charge is 2.26. The number of likely N-dealkylation sites (tertiary alicyclic amines) is 1. The predicted octanol–water partition coefficient (Wildman–Crippen LogP) is 2.50. The summed E-state index contributed by atoms with van der Waals surface area (Å²) < 4.78 is 0. The molecule has 1 saturated heterocycles. The zero-order chi connectivity index (χ0) is 20.2. The van der Waals surface area contributed by atoms with Crippen molar-refractivity contribution in [1.82, 2.24) is 20.2 Å². The van der Waals surface area contributed by atoms with Crippen LogP contribution < -0.4 is 10.6 Å². The highest BCUT2D eigenvalue weighted by molar-refractivity contribution is 6.04. The van der Waals surface area contributed by atoms with Gasteiger partial charge in [0.15, 0.2) is 0 Å². The number of nitrogens with zero attached hydrogens (tertiary/aromatic N) is 3. The number of aromatic nitrogens is 2. The molecule has 1 aromatic heterocycles. The van der Waals surface area contributed by atoms with Gasteiger partial charge in [-0.25, -0.2) is 9.97 Å². The summed E-state index contributed by atoms with van der Waals surface area (Å²) in [5.74, 6) is 1.04. The topological polar surface area (TPSA) is 87.2 Å². The van der Waals surface area contributed by atoms with Crippen LogP contribution in [0, 0.1) is 6.92 Å². The van der Waals surface area contributed by atoms with Gasteiger partial charge in [0.1, 0.15) is 5.82 Å². The molecule has 0 spiro atoms. The third-order valence-corrected chi connectivity index (χ3v) is 5.49. The fraction of sp³-hybridized carbons (Fsp3) is 0.455. The summed E-state index contributed by atoms with van der Waals surface area (Å²) in [6.45, 7) is 3.96. The number of rotatable bonds is 6. The van der Waals surface area contributed by atoms with Gasteiger partial charge in [-0.3, -0.25) is 14.5 Å². The molecular formula is C22H27N5O2. The van der Waals surface area contributed by atoms with Crippen LogP contribution in [-0.2, 0) is 4.79 Å². The quantitative estimate of drug-likeness (QED) is 0.787. The van der Waals surface area contributed by atoms with Crippen LogP contribution in [0.3, 0.4) is 0 Å². The molecule has 2 fully saturated rings. The number of carbonyl (C=O) groups excluding carboxylic acids is 2. The van der Waals surface area contributed by atoms with Crippen LogP contribution >= 0.6 is 0 Å². The maximum Gasteiger partial charge on any atom is 0.253 e. The van der Waals surface area contributed by atoms with E-state index in [-0.39, 0.29) is 17.9 Å². The second-order valence-corrected chi connectivity index (χ2v) is 7.95. The standard InChI is InChI=1S/C22H27N5O2/c1-15-8-11-23-21(24-15)16-9-12-27(13-10-16)14-20(28)26-19-5-3-2-4-18(19)22(29)25-17-6-7-17/h2-5,8,11,16-17H,6-7,9-10,12-14H2,1H3,(H,25,29)(H,26,28). The van der Waals surface area contributed by atoms with E-state index in [1.807, 2.05) is 31.3 Å². The summed E-state index contributed by atoms with van der Waals surface area (Å²) in [4.78, 5) is 36.1. The van der Waals surface area contributed by atoms with Crippen molar-refractivity contribution in [2.75, 3.05) is 25.0 Å². The van der Waals surface area contributed by atoms with E-state index in [0.717, 1.165) is 50.3 Å². The van der Waals surface area contributed by atoms with Crippen LogP contribution in [0.5, 0.6) is 0 Å². The van der Waals surface area contributed by atoms with Gasteiger partial charge in [-0.15, -0.1) is 0 Å². The Morgan fingerprint density at radius 1 is 1.10 bits per heavy atom. The molecule has 152 valence electrons. The molecule has 1 aromatic carbocycles. The van der Waals surface area contributed by atoms with Crippen molar-refractivity contribution in [2.24, 2.45) is 0 Å². The largest absolute Gasteiger partial charge is 0.349 e. The molecule has 7 heteroatoms. The Bertz CT molecular complexity index is 888. The van der Waals surface area contributed by atoms with Crippen LogP contribution in [0.4, 0.5) is 5.69 Å². The fourth-order valence-corrected chi connectivity index (χ4v) is 3.69. The first-order chi connectivity index (χ1) is 14.1. The Kier molecular flexibility index (Phi) is 5.85. The number of nitrogens with one attached hydrogen (secondary N) is 2. The number of hydrogen-bond donors (Lipinski definition) is 2. The second kappa shape index (κ2) is 8.69. The Morgan fingerprint density at radius 3 is 2.59 bits per heavy atom. The molecule has 1 saturated carbocycles. The third kappa shape index (κ3) is 5.17. The Hall–Kier alpha value is -2.80. The maximum atomic E-state index is 12.6. The smallest absolute Gasteiger partial charge is 0.253 e. The summed E-state index contributed by atoms with van der Waals surface area (Å²) in [6, 6.07) is 9.37. The maximum absolute atomic E-state index is 12.6. The van der Waals surface area contributed by atoms with E-state index in [1.165, 1.54) is 0 Å². The minimum atomic E-state index is -0.123. The monoisotopic (exact) mass is 393 g/mol. The van der Waals surface area contributed by atoms with Crippen molar-refractivity contribution >= 4 is 17.5 Å². The minimum Gasteiger partial charge on any atom is -0.349 e. The van der Waals surface area contributed by atoms with Crippen molar-refractivity contribution in [1.29, 1.82) is 0 Å². The molecule has 4 rings (SSSR count). The van der Waals surface area contributed by atoms with E-state index < -0.39 is 0 Å². The fourth-order valence-electron chi connectivity index (χ4n) is 3.69. The van der Waals surface area contributed by atoms with Gasteiger partial charge in [0, 0.05) is 23.9 Å². The Balaban J connectivity index is 1.30. The summed E-state index contributed by atoms with van der Waals surface area (Å²) in [5.41, 5.74) is 2.07. The first-order valence-electron chi connectivity index (χ1n) is 10.3. The van der Waals surface area contributed by atoms with E-state index in [2.05, 4.69) is 25.5 Å². The molecule has 2 N–H and O–H groups in total. The molecule has 2 amide bonds. The van der Waals surface area contributed by atoms with Crippen LogP contribution in [0.25, 0.3) is 0 Å². The molecule has 0 radical (unpaired) electrons. The summed E-state index contributed by atoms with van der Waals surface area (Å²) >= 11 is 0. The lowest BCUT2D eigenvalue weighted by Crippen LogP contribution is -2.39. The van der Waals surface area contributed by atoms with E-state index in [9.17, 15) is 9.59 Å².